The van der Waals surface area contributed by atoms with Gasteiger partial charge in [0, 0.05) is 6.42 Å². The van der Waals surface area contributed by atoms with E-state index in [0.29, 0.717) is 30.9 Å². The number of nitrogens with two attached hydrogens (primary N) is 1. The smallest absolute Gasteiger partial charge is 0.332 e. The second-order valence-corrected chi connectivity index (χ2v) is 3.75. The number of hydrazone groups is 1. The normalized spacial score (nSPS) is 10.0. The van der Waals surface area contributed by atoms with E-state index < -0.39 is 6.03 Å². The summed E-state index contributed by atoms with van der Waals surface area (Å²) in [7, 11) is 1.54. The molecule has 0 saturated heterocycles. The maximum absolute atomic E-state index is 10.5. The van der Waals surface area contributed by atoms with Crippen LogP contribution in [0.2, 0.25) is 0 Å². The molecule has 106 valence electrons. The summed E-state index contributed by atoms with van der Waals surface area (Å²) in [5.41, 5.74) is 7.71. The van der Waals surface area contributed by atoms with Crippen LogP contribution in [0.25, 0.3) is 0 Å². The highest BCUT2D eigenvalue weighted by atomic mass is 16.5. The number of carbonyl (C=O) groups is 1. The summed E-state index contributed by atoms with van der Waals surface area (Å²) < 4.78 is 10.7. The third-order valence-electron chi connectivity index (χ3n) is 2.27. The van der Waals surface area contributed by atoms with E-state index in [9.17, 15) is 4.79 Å². The molecular formula is C13H16N4O3. The molecule has 2 amide bonds. The number of carbonyl (C=O) groups excluding carboxylic acids is 1. The predicted molar refractivity (Wildman–Crippen MR) is 73.6 cm³/mol. The van der Waals surface area contributed by atoms with Gasteiger partial charge in [-0.05, 0) is 30.2 Å². The van der Waals surface area contributed by atoms with Gasteiger partial charge in [0.2, 0.25) is 0 Å². The van der Waals surface area contributed by atoms with Crippen LogP contribution in [0.4, 0.5) is 4.79 Å². The van der Waals surface area contributed by atoms with Crippen molar-refractivity contribution in [2.75, 3.05) is 13.7 Å². The van der Waals surface area contributed by atoms with Gasteiger partial charge in [-0.15, -0.1) is 0 Å². The first-order valence-electron chi connectivity index (χ1n) is 5.93. The lowest BCUT2D eigenvalue weighted by molar-refractivity contribution is 0.249. The highest BCUT2D eigenvalue weighted by Gasteiger charge is 2.05. The van der Waals surface area contributed by atoms with E-state index >= 15 is 0 Å². The lowest BCUT2D eigenvalue weighted by atomic mass is 10.2. The molecule has 20 heavy (non-hydrogen) atoms. The largest absolute Gasteiger partial charge is 0.493 e. The fourth-order valence-corrected chi connectivity index (χ4v) is 1.39. The summed E-state index contributed by atoms with van der Waals surface area (Å²) in [6, 6.07) is 6.52. The quantitative estimate of drug-likeness (QED) is 0.445. The summed E-state index contributed by atoms with van der Waals surface area (Å²) in [5.74, 6) is 1.13. The zero-order valence-corrected chi connectivity index (χ0v) is 11.1. The van der Waals surface area contributed by atoms with Crippen molar-refractivity contribution in [1.29, 1.82) is 5.26 Å². The summed E-state index contributed by atoms with van der Waals surface area (Å²) >= 11 is 0. The molecule has 0 spiro atoms. The van der Waals surface area contributed by atoms with Crippen LogP contribution >= 0.6 is 0 Å². The van der Waals surface area contributed by atoms with Crippen LogP contribution in [0.3, 0.4) is 0 Å². The molecule has 0 unspecified atom stereocenters. The monoisotopic (exact) mass is 276 g/mol. The van der Waals surface area contributed by atoms with Gasteiger partial charge in [0.25, 0.3) is 0 Å². The number of primary amides is 1. The van der Waals surface area contributed by atoms with Crippen LogP contribution in [-0.4, -0.2) is 26.0 Å². The van der Waals surface area contributed by atoms with Crippen LogP contribution < -0.4 is 20.6 Å². The average molecular weight is 276 g/mol. The fourth-order valence-electron chi connectivity index (χ4n) is 1.39. The Morgan fingerprint density at radius 3 is 3.00 bits per heavy atom. The van der Waals surface area contributed by atoms with E-state index in [1.165, 1.54) is 6.21 Å². The summed E-state index contributed by atoms with van der Waals surface area (Å²) in [5, 5.41) is 12.1. The molecule has 1 aromatic carbocycles. The third kappa shape index (κ3) is 5.27. The lowest BCUT2D eigenvalue weighted by Gasteiger charge is -2.10. The second kappa shape index (κ2) is 8.37. The minimum atomic E-state index is -0.734. The molecule has 7 nitrogen and oxygen atoms in total. The number of hydrogen-bond donors (Lipinski definition) is 2. The second-order valence-electron chi connectivity index (χ2n) is 3.75. The molecule has 0 bridgehead atoms. The van der Waals surface area contributed by atoms with E-state index in [2.05, 4.69) is 10.5 Å². The molecule has 0 heterocycles. The Bertz CT molecular complexity index is 523. The highest BCUT2D eigenvalue weighted by Crippen LogP contribution is 2.27. The molecular weight excluding hydrogens is 260 g/mol. The van der Waals surface area contributed by atoms with E-state index in [0.717, 1.165) is 5.56 Å². The first-order valence-corrected chi connectivity index (χ1v) is 5.93. The Kier molecular flexibility index (Phi) is 6.41. The van der Waals surface area contributed by atoms with Crippen LogP contribution in [0.5, 0.6) is 11.5 Å². The van der Waals surface area contributed by atoms with Crippen molar-refractivity contribution in [2.45, 2.75) is 12.8 Å². The third-order valence-corrected chi connectivity index (χ3v) is 2.27. The van der Waals surface area contributed by atoms with Crippen molar-refractivity contribution in [3.63, 3.8) is 0 Å². The molecule has 1 rings (SSSR count). The van der Waals surface area contributed by atoms with Crippen molar-refractivity contribution in [1.82, 2.24) is 5.43 Å². The summed E-state index contributed by atoms with van der Waals surface area (Å²) in [4.78, 5) is 10.5. The Morgan fingerprint density at radius 2 is 2.35 bits per heavy atom. The standard InChI is InChI=1S/C13H16N4O3/c1-19-11-5-4-10(9-16-17-13(15)18)8-12(11)20-7-3-2-6-14/h4-5,8-9H,2-3,7H2,1H3,(H3,15,17,18). The van der Waals surface area contributed by atoms with Crippen molar-refractivity contribution in [3.05, 3.63) is 23.8 Å². The number of urea groups is 1. The number of methoxy groups -OCH3 is 1. The van der Waals surface area contributed by atoms with Gasteiger partial charge in [-0.3, -0.25) is 0 Å². The van der Waals surface area contributed by atoms with Crippen LogP contribution in [-0.2, 0) is 0 Å². The predicted octanol–water partition coefficient (Wildman–Crippen LogP) is 1.38. The maximum Gasteiger partial charge on any atom is 0.332 e. The average Bonchev–Trinajstić information content (AvgIpc) is 2.43. The number of hydrogen-bond acceptors (Lipinski definition) is 5. The maximum atomic E-state index is 10.5. The Balaban J connectivity index is 2.72. The number of amides is 2. The number of nitriles is 1. The van der Waals surface area contributed by atoms with E-state index in [1.807, 2.05) is 6.07 Å². The highest BCUT2D eigenvalue weighted by molar-refractivity contribution is 5.82. The fraction of sp³-hybridized carbons (Fsp3) is 0.308. The van der Waals surface area contributed by atoms with Crippen molar-refractivity contribution in [2.24, 2.45) is 10.8 Å². The minimum absolute atomic E-state index is 0.421. The molecule has 0 radical (unpaired) electrons. The Morgan fingerprint density at radius 1 is 1.55 bits per heavy atom. The van der Waals surface area contributed by atoms with Crippen LogP contribution in [0, 0.1) is 11.3 Å². The molecule has 0 fully saturated rings. The van der Waals surface area contributed by atoms with E-state index in [-0.39, 0.29) is 0 Å². The van der Waals surface area contributed by atoms with Gasteiger partial charge in [-0.25, -0.2) is 10.2 Å². The first-order chi connectivity index (χ1) is 9.67. The number of benzene rings is 1. The topological polar surface area (TPSA) is 110 Å². The van der Waals surface area contributed by atoms with Crippen molar-refractivity contribution < 1.29 is 14.3 Å². The molecule has 0 aromatic heterocycles. The van der Waals surface area contributed by atoms with Gasteiger partial charge in [-0.1, -0.05) is 0 Å². The van der Waals surface area contributed by atoms with Gasteiger partial charge in [0.05, 0.1) is 26.0 Å². The minimum Gasteiger partial charge on any atom is -0.493 e. The Hall–Kier alpha value is -2.75. The molecule has 3 N–H and O–H groups in total. The van der Waals surface area contributed by atoms with E-state index in [4.69, 9.17) is 20.5 Å². The number of nitrogens with one attached hydrogen (secondary N) is 1. The lowest BCUT2D eigenvalue weighted by Crippen LogP contribution is -2.24. The van der Waals surface area contributed by atoms with Gasteiger partial charge in [0.15, 0.2) is 11.5 Å². The zero-order chi connectivity index (χ0) is 14.8. The van der Waals surface area contributed by atoms with Crippen molar-refractivity contribution >= 4 is 12.2 Å². The van der Waals surface area contributed by atoms with Gasteiger partial charge < -0.3 is 15.2 Å². The summed E-state index contributed by atoms with van der Waals surface area (Å²) in [6.45, 7) is 0.421. The molecule has 0 saturated carbocycles. The van der Waals surface area contributed by atoms with Crippen LogP contribution in [0.1, 0.15) is 18.4 Å². The van der Waals surface area contributed by atoms with E-state index in [1.54, 1.807) is 25.3 Å². The van der Waals surface area contributed by atoms with Crippen LogP contribution in [0.15, 0.2) is 23.3 Å². The van der Waals surface area contributed by atoms with Gasteiger partial charge in [-0.2, -0.15) is 10.4 Å². The molecule has 1 aromatic rings. The number of unbranched alkanes of at least 4 members (excludes halogenated alkanes) is 1. The molecule has 0 aliphatic rings. The van der Waals surface area contributed by atoms with Gasteiger partial charge >= 0.3 is 6.03 Å². The number of ether oxygens (including phenoxy) is 2. The number of nitrogens with zero attached hydrogens (tertiary/aromatic N) is 2. The Labute approximate surface area is 117 Å². The SMILES string of the molecule is COc1ccc(C=NNC(N)=O)cc1OCCCC#N. The number of rotatable bonds is 7. The summed E-state index contributed by atoms with van der Waals surface area (Å²) in [6.07, 6.45) is 2.51. The molecule has 0 atom stereocenters. The first kappa shape index (κ1) is 15.3. The molecule has 0 aliphatic heterocycles. The van der Waals surface area contributed by atoms with Gasteiger partial charge in [0.1, 0.15) is 0 Å². The molecule has 7 heteroatoms. The molecule has 0 aliphatic carbocycles. The van der Waals surface area contributed by atoms with Crippen molar-refractivity contribution in [3.8, 4) is 17.6 Å². The zero-order valence-electron chi connectivity index (χ0n) is 11.1.